The molecular weight excluding hydrogens is 302 g/mol. The van der Waals surface area contributed by atoms with Crippen LogP contribution in [0.1, 0.15) is 24.9 Å². The van der Waals surface area contributed by atoms with Crippen LogP contribution in [0.4, 0.5) is 0 Å². The lowest BCUT2D eigenvalue weighted by Crippen LogP contribution is -2.24. The average Bonchev–Trinajstić information content (AvgIpc) is 2.32. The zero-order valence-electron chi connectivity index (χ0n) is 10.5. The molecule has 1 aromatic rings. The van der Waals surface area contributed by atoms with Crippen LogP contribution in [0.3, 0.4) is 0 Å². The molecule has 0 aliphatic rings. The number of methoxy groups -OCH3 is 1. The largest absolute Gasteiger partial charge is 0.385 e. The quantitative estimate of drug-likeness (QED) is 0.854. The molecule has 0 bridgehead atoms. The van der Waals surface area contributed by atoms with Gasteiger partial charge in [-0.15, -0.1) is 0 Å². The van der Waals surface area contributed by atoms with Crippen molar-refractivity contribution in [3.63, 3.8) is 0 Å². The highest BCUT2D eigenvalue weighted by Crippen LogP contribution is 2.32. The first-order valence-electron chi connectivity index (χ1n) is 5.71. The van der Waals surface area contributed by atoms with Gasteiger partial charge < -0.3 is 10.1 Å². The maximum atomic E-state index is 6.05. The van der Waals surface area contributed by atoms with Gasteiger partial charge in [0.25, 0.3) is 0 Å². The van der Waals surface area contributed by atoms with E-state index in [0.717, 1.165) is 22.5 Å². The van der Waals surface area contributed by atoms with Gasteiger partial charge in [0.1, 0.15) is 0 Å². The van der Waals surface area contributed by atoms with Gasteiger partial charge >= 0.3 is 0 Å². The summed E-state index contributed by atoms with van der Waals surface area (Å²) in [5.41, 5.74) is 1.20. The molecule has 96 valence electrons. The molecule has 0 saturated carbocycles. The molecule has 0 saturated heterocycles. The van der Waals surface area contributed by atoms with E-state index in [1.54, 1.807) is 7.11 Å². The minimum atomic E-state index is 0.276. The second-order valence-corrected chi connectivity index (χ2v) is 5.48. The van der Waals surface area contributed by atoms with E-state index in [-0.39, 0.29) is 6.04 Å². The molecule has 0 heterocycles. The van der Waals surface area contributed by atoms with Gasteiger partial charge in [-0.3, -0.25) is 0 Å². The van der Waals surface area contributed by atoms with Crippen molar-refractivity contribution >= 4 is 27.5 Å². The SMILES string of the molecule is CNC(c1cc(Cl)ccc1Br)C(C)CCOC. The lowest BCUT2D eigenvalue weighted by molar-refractivity contribution is 0.171. The molecule has 17 heavy (non-hydrogen) atoms. The fraction of sp³-hybridized carbons (Fsp3) is 0.538. The Labute approximate surface area is 117 Å². The molecular formula is C13H19BrClNO. The number of nitrogens with one attached hydrogen (secondary N) is 1. The fourth-order valence-electron chi connectivity index (χ4n) is 1.97. The smallest absolute Gasteiger partial charge is 0.0465 e. The number of rotatable bonds is 6. The zero-order valence-corrected chi connectivity index (χ0v) is 12.8. The Bertz CT molecular complexity index is 359. The first-order valence-corrected chi connectivity index (χ1v) is 6.88. The van der Waals surface area contributed by atoms with Crippen LogP contribution in [-0.2, 0) is 4.74 Å². The Hall–Kier alpha value is -0.0900. The Kier molecular flexibility index (Phi) is 6.49. The number of ether oxygens (including phenoxy) is 1. The fourth-order valence-corrected chi connectivity index (χ4v) is 2.64. The van der Waals surface area contributed by atoms with Gasteiger partial charge in [-0.25, -0.2) is 0 Å². The van der Waals surface area contributed by atoms with E-state index in [4.69, 9.17) is 16.3 Å². The Balaban J connectivity index is 2.88. The lowest BCUT2D eigenvalue weighted by Gasteiger charge is -2.25. The van der Waals surface area contributed by atoms with Gasteiger partial charge in [0.2, 0.25) is 0 Å². The molecule has 0 spiro atoms. The second kappa shape index (κ2) is 7.37. The highest BCUT2D eigenvalue weighted by molar-refractivity contribution is 9.10. The summed E-state index contributed by atoms with van der Waals surface area (Å²) in [7, 11) is 3.71. The van der Waals surface area contributed by atoms with Gasteiger partial charge in [0.15, 0.2) is 0 Å². The van der Waals surface area contributed by atoms with Crippen molar-refractivity contribution in [3.05, 3.63) is 33.3 Å². The average molecular weight is 321 g/mol. The monoisotopic (exact) mass is 319 g/mol. The molecule has 0 aromatic heterocycles. The lowest BCUT2D eigenvalue weighted by atomic mass is 9.92. The minimum Gasteiger partial charge on any atom is -0.385 e. The Morgan fingerprint density at radius 2 is 2.18 bits per heavy atom. The van der Waals surface area contributed by atoms with Crippen molar-refractivity contribution < 1.29 is 4.74 Å². The highest BCUT2D eigenvalue weighted by atomic mass is 79.9. The van der Waals surface area contributed by atoms with Crippen molar-refractivity contribution in [1.29, 1.82) is 0 Å². The maximum Gasteiger partial charge on any atom is 0.0465 e. The third-order valence-electron chi connectivity index (χ3n) is 2.95. The standard InChI is InChI=1S/C13H19BrClNO/c1-9(6-7-17-3)13(16-2)11-8-10(15)4-5-12(11)14/h4-5,8-9,13,16H,6-7H2,1-3H3. The van der Waals surface area contributed by atoms with Crippen LogP contribution < -0.4 is 5.32 Å². The van der Waals surface area contributed by atoms with Crippen LogP contribution in [0.5, 0.6) is 0 Å². The van der Waals surface area contributed by atoms with Gasteiger partial charge in [-0.2, -0.15) is 0 Å². The summed E-state index contributed by atoms with van der Waals surface area (Å²) in [6.45, 7) is 2.99. The molecule has 0 amide bonds. The summed E-state index contributed by atoms with van der Waals surface area (Å²) in [6, 6.07) is 6.17. The van der Waals surface area contributed by atoms with Gasteiger partial charge in [-0.05, 0) is 43.1 Å². The van der Waals surface area contributed by atoms with E-state index < -0.39 is 0 Å². The third kappa shape index (κ3) is 4.25. The predicted octanol–water partition coefficient (Wildman–Crippen LogP) is 4.04. The number of hydrogen-bond acceptors (Lipinski definition) is 2. The molecule has 0 radical (unpaired) electrons. The van der Waals surface area contributed by atoms with Crippen LogP contribution in [-0.4, -0.2) is 20.8 Å². The van der Waals surface area contributed by atoms with E-state index in [2.05, 4.69) is 28.2 Å². The van der Waals surface area contributed by atoms with E-state index >= 15 is 0 Å². The van der Waals surface area contributed by atoms with Gasteiger partial charge in [0.05, 0.1) is 0 Å². The maximum absolute atomic E-state index is 6.05. The van der Waals surface area contributed by atoms with E-state index in [9.17, 15) is 0 Å². The minimum absolute atomic E-state index is 0.276. The summed E-state index contributed by atoms with van der Waals surface area (Å²) in [6.07, 6.45) is 1.01. The van der Waals surface area contributed by atoms with Gasteiger partial charge in [0, 0.05) is 29.3 Å². The molecule has 0 aliphatic carbocycles. The molecule has 0 fully saturated rings. The first-order chi connectivity index (χ1) is 8.10. The Morgan fingerprint density at radius 3 is 2.76 bits per heavy atom. The molecule has 4 heteroatoms. The van der Waals surface area contributed by atoms with Crippen molar-refractivity contribution in [3.8, 4) is 0 Å². The number of hydrogen-bond donors (Lipinski definition) is 1. The van der Waals surface area contributed by atoms with Crippen molar-refractivity contribution in [2.45, 2.75) is 19.4 Å². The van der Waals surface area contributed by atoms with Crippen molar-refractivity contribution in [1.82, 2.24) is 5.32 Å². The van der Waals surface area contributed by atoms with E-state index in [0.29, 0.717) is 5.92 Å². The molecule has 1 aromatic carbocycles. The summed E-state index contributed by atoms with van der Waals surface area (Å²) in [4.78, 5) is 0. The van der Waals surface area contributed by atoms with Gasteiger partial charge in [-0.1, -0.05) is 34.5 Å². The summed E-state index contributed by atoms with van der Waals surface area (Å²) in [5, 5.41) is 4.12. The third-order valence-corrected chi connectivity index (χ3v) is 3.91. The molecule has 2 nitrogen and oxygen atoms in total. The summed E-state index contributed by atoms with van der Waals surface area (Å²) < 4.78 is 6.22. The van der Waals surface area contributed by atoms with Crippen LogP contribution in [0.25, 0.3) is 0 Å². The van der Waals surface area contributed by atoms with Crippen molar-refractivity contribution in [2.75, 3.05) is 20.8 Å². The van der Waals surface area contributed by atoms with Crippen LogP contribution in [0, 0.1) is 5.92 Å². The van der Waals surface area contributed by atoms with Crippen LogP contribution in [0.15, 0.2) is 22.7 Å². The molecule has 0 aliphatic heterocycles. The van der Waals surface area contributed by atoms with Crippen LogP contribution >= 0.6 is 27.5 Å². The second-order valence-electron chi connectivity index (χ2n) is 4.19. The highest BCUT2D eigenvalue weighted by Gasteiger charge is 2.19. The molecule has 1 rings (SSSR count). The number of benzene rings is 1. The normalized spacial score (nSPS) is 14.6. The molecule has 2 atom stereocenters. The summed E-state index contributed by atoms with van der Waals surface area (Å²) >= 11 is 9.63. The predicted molar refractivity (Wildman–Crippen MR) is 76.6 cm³/mol. The Morgan fingerprint density at radius 1 is 1.47 bits per heavy atom. The zero-order chi connectivity index (χ0) is 12.8. The molecule has 1 N–H and O–H groups in total. The van der Waals surface area contributed by atoms with E-state index in [1.165, 1.54) is 5.56 Å². The summed E-state index contributed by atoms with van der Waals surface area (Å²) in [5.74, 6) is 0.481. The van der Waals surface area contributed by atoms with E-state index in [1.807, 2.05) is 25.2 Å². The number of halogens is 2. The topological polar surface area (TPSA) is 21.3 Å². The molecule has 2 unspecified atom stereocenters. The van der Waals surface area contributed by atoms with Crippen molar-refractivity contribution in [2.24, 2.45) is 5.92 Å². The first kappa shape index (κ1) is 15.0. The van der Waals surface area contributed by atoms with Crippen LogP contribution in [0.2, 0.25) is 5.02 Å².